The van der Waals surface area contributed by atoms with Crippen molar-refractivity contribution in [2.24, 2.45) is 0 Å². The number of amides is 2. The number of benzene rings is 2. The SMILES string of the molecule is O=C1c2cccc3cccc(c23)C(=O)N1CCCN1CCNCC1. The lowest BCUT2D eigenvalue weighted by Crippen LogP contribution is -2.45. The van der Waals surface area contributed by atoms with Crippen molar-refractivity contribution in [1.82, 2.24) is 15.1 Å². The Balaban J connectivity index is 1.53. The fourth-order valence-electron chi connectivity index (χ4n) is 3.67. The fraction of sp³-hybridized carbons (Fsp3) is 0.368. The van der Waals surface area contributed by atoms with Crippen molar-refractivity contribution in [2.75, 3.05) is 39.3 Å². The first kappa shape index (κ1) is 15.3. The summed E-state index contributed by atoms with van der Waals surface area (Å²) in [5, 5.41) is 5.08. The van der Waals surface area contributed by atoms with E-state index >= 15 is 0 Å². The van der Waals surface area contributed by atoms with E-state index in [4.69, 9.17) is 0 Å². The molecule has 1 fully saturated rings. The molecule has 2 aliphatic heterocycles. The van der Waals surface area contributed by atoms with Crippen molar-refractivity contribution in [2.45, 2.75) is 6.42 Å². The summed E-state index contributed by atoms with van der Waals surface area (Å²) in [6, 6.07) is 11.3. The van der Waals surface area contributed by atoms with Crippen LogP contribution in [0.5, 0.6) is 0 Å². The van der Waals surface area contributed by atoms with Gasteiger partial charge in [-0.1, -0.05) is 24.3 Å². The van der Waals surface area contributed by atoms with Crippen molar-refractivity contribution < 1.29 is 9.59 Å². The number of nitrogens with zero attached hydrogens (tertiary/aromatic N) is 2. The molecule has 2 heterocycles. The Morgan fingerprint density at radius 3 is 2.12 bits per heavy atom. The van der Waals surface area contributed by atoms with E-state index in [0.29, 0.717) is 17.7 Å². The summed E-state index contributed by atoms with van der Waals surface area (Å²) in [7, 11) is 0. The summed E-state index contributed by atoms with van der Waals surface area (Å²) in [6.45, 7) is 5.48. The van der Waals surface area contributed by atoms with Crippen molar-refractivity contribution in [3.63, 3.8) is 0 Å². The predicted molar refractivity (Wildman–Crippen MR) is 93.2 cm³/mol. The molecule has 1 N–H and O–H groups in total. The molecular weight excluding hydrogens is 302 g/mol. The zero-order valence-corrected chi connectivity index (χ0v) is 13.6. The van der Waals surface area contributed by atoms with Gasteiger partial charge in [-0.3, -0.25) is 14.5 Å². The van der Waals surface area contributed by atoms with Gasteiger partial charge in [0.1, 0.15) is 0 Å². The van der Waals surface area contributed by atoms with Gasteiger partial charge in [-0.05, 0) is 30.5 Å². The Morgan fingerprint density at radius 1 is 0.875 bits per heavy atom. The standard InChI is InChI=1S/C19H21N3O2/c23-18-15-6-1-4-14-5-2-7-16(17(14)15)19(24)22(18)11-3-10-21-12-8-20-9-13-21/h1-2,4-7,20H,3,8-13H2. The van der Waals surface area contributed by atoms with E-state index < -0.39 is 0 Å². The van der Waals surface area contributed by atoms with Crippen LogP contribution in [-0.2, 0) is 0 Å². The second-order valence-corrected chi connectivity index (χ2v) is 6.42. The predicted octanol–water partition coefficient (Wildman–Crippen LogP) is 1.73. The molecule has 1 saturated heterocycles. The maximum atomic E-state index is 12.8. The average molecular weight is 323 g/mol. The number of hydrogen-bond donors (Lipinski definition) is 1. The number of carbonyl (C=O) groups excluding carboxylic acids is 2. The molecule has 5 nitrogen and oxygen atoms in total. The van der Waals surface area contributed by atoms with E-state index in [-0.39, 0.29) is 11.8 Å². The maximum absolute atomic E-state index is 12.8. The summed E-state index contributed by atoms with van der Waals surface area (Å²) >= 11 is 0. The largest absolute Gasteiger partial charge is 0.314 e. The molecule has 24 heavy (non-hydrogen) atoms. The number of rotatable bonds is 4. The van der Waals surface area contributed by atoms with Gasteiger partial charge >= 0.3 is 0 Å². The van der Waals surface area contributed by atoms with Crippen LogP contribution in [0.4, 0.5) is 0 Å². The lowest BCUT2D eigenvalue weighted by molar-refractivity contribution is 0.0603. The first-order chi connectivity index (χ1) is 11.8. The first-order valence-electron chi connectivity index (χ1n) is 8.57. The van der Waals surface area contributed by atoms with Gasteiger partial charge in [-0.15, -0.1) is 0 Å². The van der Waals surface area contributed by atoms with Gasteiger partial charge in [0.2, 0.25) is 0 Å². The number of piperazine rings is 1. The monoisotopic (exact) mass is 323 g/mol. The highest BCUT2D eigenvalue weighted by Crippen LogP contribution is 2.29. The number of nitrogens with one attached hydrogen (secondary N) is 1. The summed E-state index contributed by atoms with van der Waals surface area (Å²) in [5.41, 5.74) is 1.29. The van der Waals surface area contributed by atoms with E-state index in [1.165, 1.54) is 4.90 Å². The molecule has 0 aliphatic carbocycles. The molecule has 4 rings (SSSR count). The third-order valence-corrected chi connectivity index (χ3v) is 4.92. The highest BCUT2D eigenvalue weighted by atomic mass is 16.2. The van der Waals surface area contributed by atoms with Crippen LogP contribution in [0.15, 0.2) is 36.4 Å². The van der Waals surface area contributed by atoms with Crippen LogP contribution in [0.1, 0.15) is 27.1 Å². The molecule has 0 saturated carbocycles. The Labute approximate surface area is 141 Å². The molecule has 2 aromatic rings. The Morgan fingerprint density at radius 2 is 1.50 bits per heavy atom. The van der Waals surface area contributed by atoms with Crippen LogP contribution >= 0.6 is 0 Å². The van der Waals surface area contributed by atoms with Crippen LogP contribution in [-0.4, -0.2) is 60.9 Å². The summed E-state index contributed by atoms with van der Waals surface area (Å²) in [6.07, 6.45) is 0.815. The van der Waals surface area contributed by atoms with Gasteiger partial charge < -0.3 is 10.2 Å². The molecule has 124 valence electrons. The van der Waals surface area contributed by atoms with Crippen molar-refractivity contribution in [3.8, 4) is 0 Å². The Kier molecular flexibility index (Phi) is 4.04. The number of carbonyl (C=O) groups is 2. The van der Waals surface area contributed by atoms with E-state index in [0.717, 1.165) is 49.9 Å². The van der Waals surface area contributed by atoms with Crippen LogP contribution in [0.3, 0.4) is 0 Å². The second-order valence-electron chi connectivity index (χ2n) is 6.42. The number of imide groups is 1. The van der Waals surface area contributed by atoms with Crippen LogP contribution in [0.2, 0.25) is 0 Å². The van der Waals surface area contributed by atoms with Gasteiger partial charge in [0.25, 0.3) is 11.8 Å². The quantitative estimate of drug-likeness (QED) is 0.871. The minimum atomic E-state index is -0.162. The second kappa shape index (κ2) is 6.34. The van der Waals surface area contributed by atoms with Crippen molar-refractivity contribution >= 4 is 22.6 Å². The van der Waals surface area contributed by atoms with E-state index in [1.807, 2.05) is 36.4 Å². The molecule has 0 atom stereocenters. The lowest BCUT2D eigenvalue weighted by Gasteiger charge is -2.30. The third kappa shape index (κ3) is 2.60. The minimum absolute atomic E-state index is 0.162. The first-order valence-corrected chi connectivity index (χ1v) is 8.57. The highest BCUT2D eigenvalue weighted by Gasteiger charge is 2.32. The molecule has 0 radical (unpaired) electrons. The topological polar surface area (TPSA) is 52.7 Å². The summed E-state index contributed by atoms with van der Waals surface area (Å²) in [4.78, 5) is 29.3. The van der Waals surface area contributed by atoms with Crippen LogP contribution in [0.25, 0.3) is 10.8 Å². The van der Waals surface area contributed by atoms with Gasteiger partial charge in [-0.25, -0.2) is 0 Å². The van der Waals surface area contributed by atoms with Gasteiger partial charge in [0, 0.05) is 49.2 Å². The zero-order chi connectivity index (χ0) is 16.5. The molecule has 2 aliphatic rings. The minimum Gasteiger partial charge on any atom is -0.314 e. The normalized spacial score (nSPS) is 18.4. The molecule has 0 aromatic heterocycles. The molecule has 2 aromatic carbocycles. The van der Waals surface area contributed by atoms with E-state index in [2.05, 4.69) is 10.2 Å². The summed E-state index contributed by atoms with van der Waals surface area (Å²) in [5.74, 6) is -0.325. The number of hydrogen-bond acceptors (Lipinski definition) is 4. The molecule has 0 bridgehead atoms. The smallest absolute Gasteiger partial charge is 0.261 e. The van der Waals surface area contributed by atoms with Crippen molar-refractivity contribution in [1.29, 1.82) is 0 Å². The maximum Gasteiger partial charge on any atom is 0.261 e. The molecule has 2 amide bonds. The Hall–Kier alpha value is -2.24. The van der Waals surface area contributed by atoms with Gasteiger partial charge in [0.05, 0.1) is 0 Å². The van der Waals surface area contributed by atoms with E-state index in [9.17, 15) is 9.59 Å². The fourth-order valence-corrected chi connectivity index (χ4v) is 3.67. The summed E-state index contributed by atoms with van der Waals surface area (Å²) < 4.78 is 0. The molecule has 5 heteroatoms. The average Bonchev–Trinajstić information content (AvgIpc) is 2.63. The van der Waals surface area contributed by atoms with Crippen molar-refractivity contribution in [3.05, 3.63) is 47.5 Å². The third-order valence-electron chi connectivity index (χ3n) is 4.92. The Bertz CT molecular complexity index is 746. The van der Waals surface area contributed by atoms with E-state index in [1.54, 1.807) is 0 Å². The van der Waals surface area contributed by atoms with Crippen LogP contribution in [0, 0.1) is 0 Å². The highest BCUT2D eigenvalue weighted by molar-refractivity contribution is 6.25. The van der Waals surface area contributed by atoms with Crippen LogP contribution < -0.4 is 5.32 Å². The zero-order valence-electron chi connectivity index (χ0n) is 13.6. The van der Waals surface area contributed by atoms with Gasteiger partial charge in [-0.2, -0.15) is 0 Å². The van der Waals surface area contributed by atoms with Gasteiger partial charge in [0.15, 0.2) is 0 Å². The lowest BCUT2D eigenvalue weighted by atomic mass is 9.94. The molecule has 0 spiro atoms. The molecular formula is C19H21N3O2. The molecule has 0 unspecified atom stereocenters.